The van der Waals surface area contributed by atoms with Gasteiger partial charge in [-0.1, -0.05) is 26.7 Å². The summed E-state index contributed by atoms with van der Waals surface area (Å²) in [4.78, 5) is 0. The van der Waals surface area contributed by atoms with Gasteiger partial charge in [0.2, 0.25) is 0 Å². The Bertz CT molecular complexity index is 239. The molecule has 1 rings (SSSR count). The third kappa shape index (κ3) is 3.85. The lowest BCUT2D eigenvalue weighted by Crippen LogP contribution is -2.23. The van der Waals surface area contributed by atoms with Gasteiger partial charge in [0.05, 0.1) is 12.7 Å². The van der Waals surface area contributed by atoms with Crippen LogP contribution in [0.25, 0.3) is 0 Å². The highest BCUT2D eigenvalue weighted by Crippen LogP contribution is 2.57. The molecule has 0 aromatic heterocycles. The quantitative estimate of drug-likeness (QED) is 0.648. The first kappa shape index (κ1) is 14.2. The molecule has 5 heteroatoms. The first-order valence-corrected chi connectivity index (χ1v) is 7.80. The van der Waals surface area contributed by atoms with E-state index in [0.29, 0.717) is 6.61 Å². The van der Waals surface area contributed by atoms with Crippen molar-refractivity contribution in [1.29, 1.82) is 0 Å². The lowest BCUT2D eigenvalue weighted by Gasteiger charge is -2.25. The Labute approximate surface area is 98.9 Å². The summed E-state index contributed by atoms with van der Waals surface area (Å²) in [5.41, 5.74) is 0. The Morgan fingerprint density at radius 3 is 2.19 bits per heavy atom. The van der Waals surface area contributed by atoms with Crippen LogP contribution in [0.2, 0.25) is 0 Å². The summed E-state index contributed by atoms with van der Waals surface area (Å²) in [6.07, 6.45) is 4.22. The zero-order chi connectivity index (χ0) is 12.0. The van der Waals surface area contributed by atoms with Crippen molar-refractivity contribution in [2.24, 2.45) is 0 Å². The van der Waals surface area contributed by atoms with E-state index in [9.17, 15) is 4.57 Å². The van der Waals surface area contributed by atoms with E-state index in [4.69, 9.17) is 9.05 Å². The maximum absolute atomic E-state index is 12.4. The van der Waals surface area contributed by atoms with Gasteiger partial charge in [0.25, 0.3) is 0 Å². The molecule has 4 nitrogen and oxygen atoms in total. The number of nitrogens with zero attached hydrogens (tertiary/aromatic N) is 1. The van der Waals surface area contributed by atoms with E-state index >= 15 is 0 Å². The molecule has 0 aromatic rings. The van der Waals surface area contributed by atoms with Crippen molar-refractivity contribution in [1.82, 2.24) is 4.67 Å². The Morgan fingerprint density at radius 1 is 1.25 bits per heavy atom. The lowest BCUT2D eigenvalue weighted by atomic mass is 10.3. The van der Waals surface area contributed by atoms with Crippen LogP contribution in [0, 0.1) is 0 Å². The average Bonchev–Trinajstić information content (AvgIpc) is 2.60. The van der Waals surface area contributed by atoms with Crippen LogP contribution in [0.5, 0.6) is 0 Å². The summed E-state index contributed by atoms with van der Waals surface area (Å²) < 4.78 is 25.2. The molecule has 1 heterocycles. The molecule has 0 aliphatic carbocycles. The minimum atomic E-state index is -2.96. The first-order chi connectivity index (χ1) is 7.62. The molecule has 96 valence electrons. The Hall–Kier alpha value is 0.110. The Balaban J connectivity index is 2.56. The van der Waals surface area contributed by atoms with Gasteiger partial charge < -0.3 is 0 Å². The first-order valence-electron chi connectivity index (χ1n) is 6.30. The van der Waals surface area contributed by atoms with Gasteiger partial charge in [-0.05, 0) is 19.8 Å². The SMILES string of the molecule is CCCCN(CCCC)[P@@]1(=O)OC[C@@H](C)O1. The standard InChI is InChI=1S/C11H24NO3P/c1-4-6-8-12(9-7-5-2)16(13)14-10-11(3)15-16/h11H,4-10H2,1-3H3/t11-,16-/m1/s1. The van der Waals surface area contributed by atoms with Gasteiger partial charge >= 0.3 is 7.75 Å². The van der Waals surface area contributed by atoms with E-state index in [-0.39, 0.29) is 6.10 Å². The fraction of sp³-hybridized carbons (Fsp3) is 1.00. The van der Waals surface area contributed by atoms with Gasteiger partial charge in [-0.3, -0.25) is 9.05 Å². The molecule has 0 aromatic carbocycles. The van der Waals surface area contributed by atoms with Crippen LogP contribution >= 0.6 is 7.75 Å². The normalized spacial score (nSPS) is 30.1. The molecular formula is C11H24NO3P. The third-order valence-corrected chi connectivity index (χ3v) is 4.87. The van der Waals surface area contributed by atoms with Crippen LogP contribution in [0.1, 0.15) is 46.5 Å². The van der Waals surface area contributed by atoms with E-state index in [0.717, 1.165) is 38.8 Å². The topological polar surface area (TPSA) is 38.8 Å². The number of hydrogen-bond donors (Lipinski definition) is 0. The molecule has 0 saturated carbocycles. The molecule has 0 radical (unpaired) electrons. The summed E-state index contributed by atoms with van der Waals surface area (Å²) in [7, 11) is -2.96. The second-order valence-electron chi connectivity index (χ2n) is 4.34. The predicted molar refractivity (Wildman–Crippen MR) is 65.5 cm³/mol. The van der Waals surface area contributed by atoms with Gasteiger partial charge in [0.15, 0.2) is 0 Å². The summed E-state index contributed by atoms with van der Waals surface area (Å²) in [5, 5.41) is 0. The van der Waals surface area contributed by atoms with Crippen LogP contribution in [0.15, 0.2) is 0 Å². The molecule has 2 atom stereocenters. The fourth-order valence-corrected chi connectivity index (χ4v) is 3.72. The van der Waals surface area contributed by atoms with Crippen LogP contribution in [-0.4, -0.2) is 30.5 Å². The third-order valence-electron chi connectivity index (χ3n) is 2.67. The van der Waals surface area contributed by atoms with Crippen molar-refractivity contribution in [2.75, 3.05) is 19.7 Å². The van der Waals surface area contributed by atoms with E-state index < -0.39 is 7.75 Å². The zero-order valence-electron chi connectivity index (χ0n) is 10.6. The van der Waals surface area contributed by atoms with Crippen molar-refractivity contribution in [2.45, 2.75) is 52.6 Å². The summed E-state index contributed by atoms with van der Waals surface area (Å²) in [5.74, 6) is 0. The minimum Gasteiger partial charge on any atom is -0.294 e. The number of rotatable bonds is 7. The predicted octanol–water partition coefficient (Wildman–Crippen LogP) is 3.43. The Morgan fingerprint density at radius 2 is 1.81 bits per heavy atom. The highest BCUT2D eigenvalue weighted by atomic mass is 31.2. The highest BCUT2D eigenvalue weighted by Gasteiger charge is 2.40. The molecule has 1 aliphatic heterocycles. The van der Waals surface area contributed by atoms with Crippen LogP contribution in [0.4, 0.5) is 0 Å². The van der Waals surface area contributed by atoms with Gasteiger partial charge in [0.1, 0.15) is 0 Å². The second-order valence-corrected chi connectivity index (χ2v) is 6.31. The van der Waals surface area contributed by atoms with Crippen LogP contribution in [0.3, 0.4) is 0 Å². The maximum Gasteiger partial charge on any atom is 0.408 e. The monoisotopic (exact) mass is 249 g/mol. The van der Waals surface area contributed by atoms with Crippen molar-refractivity contribution in [3.05, 3.63) is 0 Å². The molecule has 0 amide bonds. The zero-order valence-corrected chi connectivity index (χ0v) is 11.5. The summed E-state index contributed by atoms with van der Waals surface area (Å²) in [6, 6.07) is 0. The van der Waals surface area contributed by atoms with Gasteiger partial charge in [-0.2, -0.15) is 0 Å². The van der Waals surface area contributed by atoms with E-state index in [1.54, 1.807) is 0 Å². The molecule has 0 unspecified atom stereocenters. The van der Waals surface area contributed by atoms with Crippen molar-refractivity contribution >= 4 is 7.75 Å². The summed E-state index contributed by atoms with van der Waals surface area (Å²) >= 11 is 0. The lowest BCUT2D eigenvalue weighted by molar-refractivity contribution is 0.228. The number of hydrogen-bond acceptors (Lipinski definition) is 3. The Kier molecular flexibility index (Phi) is 5.98. The highest BCUT2D eigenvalue weighted by molar-refractivity contribution is 7.51. The van der Waals surface area contributed by atoms with Crippen molar-refractivity contribution in [3.8, 4) is 0 Å². The summed E-state index contributed by atoms with van der Waals surface area (Å²) in [6.45, 7) is 8.23. The van der Waals surface area contributed by atoms with E-state index in [2.05, 4.69) is 13.8 Å². The van der Waals surface area contributed by atoms with Gasteiger partial charge in [0, 0.05) is 13.1 Å². The molecule has 0 N–H and O–H groups in total. The molecule has 1 fully saturated rings. The van der Waals surface area contributed by atoms with Gasteiger partial charge in [-0.25, -0.2) is 9.24 Å². The molecule has 1 aliphatic rings. The van der Waals surface area contributed by atoms with E-state index in [1.165, 1.54) is 0 Å². The maximum atomic E-state index is 12.4. The van der Waals surface area contributed by atoms with E-state index in [1.807, 2.05) is 11.6 Å². The van der Waals surface area contributed by atoms with Crippen molar-refractivity contribution in [3.63, 3.8) is 0 Å². The number of unbranched alkanes of at least 4 members (excludes halogenated alkanes) is 2. The van der Waals surface area contributed by atoms with Gasteiger partial charge in [-0.15, -0.1) is 0 Å². The average molecular weight is 249 g/mol. The molecule has 1 saturated heterocycles. The molecule has 16 heavy (non-hydrogen) atoms. The second kappa shape index (κ2) is 6.75. The fourth-order valence-electron chi connectivity index (χ4n) is 1.67. The van der Waals surface area contributed by atoms with Crippen LogP contribution < -0.4 is 0 Å². The van der Waals surface area contributed by atoms with Crippen molar-refractivity contribution < 1.29 is 13.6 Å². The molecule has 0 bridgehead atoms. The largest absolute Gasteiger partial charge is 0.408 e. The smallest absolute Gasteiger partial charge is 0.294 e. The minimum absolute atomic E-state index is 0.0448. The molecule has 0 spiro atoms. The van der Waals surface area contributed by atoms with Crippen LogP contribution in [-0.2, 0) is 13.6 Å². The molecular weight excluding hydrogens is 225 g/mol.